The summed E-state index contributed by atoms with van der Waals surface area (Å²) in [6.07, 6.45) is -2.28. The molecule has 0 amide bonds. The Hall–Kier alpha value is -2.58. The summed E-state index contributed by atoms with van der Waals surface area (Å²) < 4.78 is 92.8. The number of alkyl halides is 3. The van der Waals surface area contributed by atoms with Crippen LogP contribution >= 0.6 is 0 Å². The van der Waals surface area contributed by atoms with Crippen molar-refractivity contribution in [3.63, 3.8) is 0 Å². The van der Waals surface area contributed by atoms with Crippen LogP contribution in [0.5, 0.6) is 0 Å². The van der Waals surface area contributed by atoms with Gasteiger partial charge in [-0.15, -0.1) is 0 Å². The first-order valence-electron chi connectivity index (χ1n) is 11.7. The van der Waals surface area contributed by atoms with Crippen LogP contribution in [0, 0.1) is 23.4 Å². The summed E-state index contributed by atoms with van der Waals surface area (Å²) in [7, 11) is 0. The highest BCUT2D eigenvalue weighted by molar-refractivity contribution is 5.84. The van der Waals surface area contributed by atoms with Crippen LogP contribution in [0.3, 0.4) is 0 Å². The molecular formula is C27H26F6O2. The van der Waals surface area contributed by atoms with Gasteiger partial charge < -0.3 is 9.47 Å². The Labute approximate surface area is 199 Å². The van der Waals surface area contributed by atoms with Crippen LogP contribution in [0.1, 0.15) is 54.7 Å². The van der Waals surface area contributed by atoms with Crippen LogP contribution in [0.4, 0.5) is 26.3 Å². The molecule has 0 N–H and O–H groups in total. The zero-order valence-corrected chi connectivity index (χ0v) is 19.2. The molecule has 0 aromatic heterocycles. The number of hydrogen-bond acceptors (Lipinski definition) is 2. The van der Waals surface area contributed by atoms with Crippen molar-refractivity contribution in [1.82, 2.24) is 0 Å². The monoisotopic (exact) mass is 496 g/mol. The molecule has 0 unspecified atom stereocenters. The normalized spacial score (nSPS) is 18.8. The molecule has 35 heavy (non-hydrogen) atoms. The van der Waals surface area contributed by atoms with Gasteiger partial charge >= 0.3 is 6.18 Å². The molecule has 0 saturated carbocycles. The van der Waals surface area contributed by atoms with E-state index in [1.807, 2.05) is 0 Å². The molecule has 1 aliphatic rings. The number of ether oxygens (including phenoxy) is 2. The van der Waals surface area contributed by atoms with E-state index < -0.39 is 35.5 Å². The van der Waals surface area contributed by atoms with Crippen molar-refractivity contribution in [1.29, 1.82) is 0 Å². The SMILES string of the molecule is CCCCC1COC(c2ccc3c(F)c(CCc4cc(F)c(C(F)(F)F)c(F)c4)ccc3c2)OC1. The van der Waals surface area contributed by atoms with E-state index in [2.05, 4.69) is 6.92 Å². The van der Waals surface area contributed by atoms with E-state index in [0.717, 1.165) is 24.8 Å². The minimum absolute atomic E-state index is 0.0184. The molecule has 1 saturated heterocycles. The molecule has 8 heteroatoms. The summed E-state index contributed by atoms with van der Waals surface area (Å²) in [5.74, 6) is -3.46. The van der Waals surface area contributed by atoms with Crippen molar-refractivity contribution >= 4 is 10.8 Å². The quantitative estimate of drug-likeness (QED) is 0.310. The lowest BCUT2D eigenvalue weighted by Gasteiger charge is -2.29. The third-order valence-corrected chi connectivity index (χ3v) is 6.33. The first kappa shape index (κ1) is 25.5. The summed E-state index contributed by atoms with van der Waals surface area (Å²) in [5.41, 5.74) is -0.813. The largest absolute Gasteiger partial charge is 0.422 e. The molecule has 1 fully saturated rings. The summed E-state index contributed by atoms with van der Waals surface area (Å²) >= 11 is 0. The van der Waals surface area contributed by atoms with Gasteiger partial charge in [-0.3, -0.25) is 0 Å². The molecule has 188 valence electrons. The first-order valence-corrected chi connectivity index (χ1v) is 11.7. The van der Waals surface area contributed by atoms with E-state index >= 15 is 4.39 Å². The molecule has 2 nitrogen and oxygen atoms in total. The van der Waals surface area contributed by atoms with Crippen molar-refractivity contribution in [3.05, 3.63) is 82.2 Å². The highest BCUT2D eigenvalue weighted by Crippen LogP contribution is 2.35. The van der Waals surface area contributed by atoms with Crippen molar-refractivity contribution in [2.24, 2.45) is 5.92 Å². The van der Waals surface area contributed by atoms with Crippen LogP contribution in [-0.4, -0.2) is 13.2 Å². The lowest BCUT2D eigenvalue weighted by atomic mass is 9.98. The fourth-order valence-corrected chi connectivity index (χ4v) is 4.41. The second-order valence-corrected chi connectivity index (χ2v) is 8.96. The van der Waals surface area contributed by atoms with Gasteiger partial charge in [0.2, 0.25) is 0 Å². The molecule has 0 aliphatic carbocycles. The predicted molar refractivity (Wildman–Crippen MR) is 120 cm³/mol. The summed E-state index contributed by atoms with van der Waals surface area (Å²) in [4.78, 5) is 0. The standard InChI is InChI=1S/C27H26F6O2/c1-2-3-4-17-14-34-26(35-15-17)20-9-10-21-19(13-20)8-7-18(25(21)30)6-5-16-11-22(28)24(23(29)12-16)27(31,32)33/h7-13,17,26H,2-6,14-15H2,1H3. The molecule has 4 rings (SSSR count). The number of unbranched alkanes of at least 4 members (excludes halogenated alkanes) is 1. The van der Waals surface area contributed by atoms with Crippen molar-refractivity contribution in [3.8, 4) is 0 Å². The highest BCUT2D eigenvalue weighted by atomic mass is 19.4. The minimum Gasteiger partial charge on any atom is -0.348 e. The van der Waals surface area contributed by atoms with Gasteiger partial charge in [-0.2, -0.15) is 13.2 Å². The number of benzene rings is 3. The Bertz CT molecular complexity index is 1160. The maximum Gasteiger partial charge on any atom is 0.422 e. The molecule has 0 radical (unpaired) electrons. The van der Waals surface area contributed by atoms with Crippen LogP contribution < -0.4 is 0 Å². The number of fused-ring (bicyclic) bond motifs is 1. The zero-order chi connectivity index (χ0) is 25.2. The third-order valence-electron chi connectivity index (χ3n) is 6.33. The maximum absolute atomic E-state index is 15.1. The number of aryl methyl sites for hydroxylation is 2. The van der Waals surface area contributed by atoms with Gasteiger partial charge in [-0.25, -0.2) is 13.2 Å². The first-order chi connectivity index (χ1) is 16.7. The van der Waals surface area contributed by atoms with Gasteiger partial charge in [0, 0.05) is 16.9 Å². The second-order valence-electron chi connectivity index (χ2n) is 8.96. The van der Waals surface area contributed by atoms with E-state index in [4.69, 9.17) is 9.47 Å². The predicted octanol–water partition coefficient (Wildman–Crippen LogP) is 7.91. The lowest BCUT2D eigenvalue weighted by Crippen LogP contribution is -2.27. The Kier molecular flexibility index (Phi) is 7.71. The van der Waals surface area contributed by atoms with Gasteiger partial charge in [-0.05, 0) is 54.0 Å². The second kappa shape index (κ2) is 10.6. The summed E-state index contributed by atoms with van der Waals surface area (Å²) in [5, 5.41) is 1.02. The fraction of sp³-hybridized carbons (Fsp3) is 0.407. The summed E-state index contributed by atoms with van der Waals surface area (Å²) in [6, 6.07) is 9.78. The molecule has 0 bridgehead atoms. The lowest BCUT2D eigenvalue weighted by molar-refractivity contribution is -0.206. The van der Waals surface area contributed by atoms with Gasteiger partial charge in [-0.1, -0.05) is 44.0 Å². The van der Waals surface area contributed by atoms with Crippen molar-refractivity contribution in [2.45, 2.75) is 51.5 Å². The molecule has 3 aromatic rings. The van der Waals surface area contributed by atoms with Gasteiger partial charge in [0.1, 0.15) is 23.0 Å². The van der Waals surface area contributed by atoms with Crippen LogP contribution in [0.2, 0.25) is 0 Å². The summed E-state index contributed by atoms with van der Waals surface area (Å²) in [6.45, 7) is 3.36. The molecule has 1 heterocycles. The van der Waals surface area contributed by atoms with E-state index in [1.54, 1.807) is 30.3 Å². The zero-order valence-electron chi connectivity index (χ0n) is 19.2. The van der Waals surface area contributed by atoms with E-state index in [0.29, 0.717) is 47.6 Å². The highest BCUT2D eigenvalue weighted by Gasteiger charge is 2.37. The topological polar surface area (TPSA) is 18.5 Å². The van der Waals surface area contributed by atoms with Crippen molar-refractivity contribution < 1.29 is 35.8 Å². The van der Waals surface area contributed by atoms with E-state index in [1.165, 1.54) is 0 Å². The van der Waals surface area contributed by atoms with E-state index in [9.17, 15) is 22.0 Å². The van der Waals surface area contributed by atoms with E-state index in [-0.39, 0.29) is 18.4 Å². The Morgan fingerprint density at radius 1 is 0.886 bits per heavy atom. The average Bonchev–Trinajstić information content (AvgIpc) is 2.81. The Morgan fingerprint density at radius 3 is 2.20 bits per heavy atom. The van der Waals surface area contributed by atoms with Crippen molar-refractivity contribution in [2.75, 3.05) is 13.2 Å². The molecular weight excluding hydrogens is 470 g/mol. The van der Waals surface area contributed by atoms with Gasteiger partial charge in [0.05, 0.1) is 13.2 Å². The fourth-order valence-electron chi connectivity index (χ4n) is 4.41. The molecule has 0 atom stereocenters. The van der Waals surface area contributed by atoms with Gasteiger partial charge in [0.25, 0.3) is 0 Å². The maximum atomic E-state index is 15.1. The third kappa shape index (κ3) is 5.81. The molecule has 0 spiro atoms. The Balaban J connectivity index is 1.46. The molecule has 1 aliphatic heterocycles. The van der Waals surface area contributed by atoms with Crippen LogP contribution in [0.15, 0.2) is 42.5 Å². The number of hydrogen-bond donors (Lipinski definition) is 0. The van der Waals surface area contributed by atoms with Crippen LogP contribution in [0.25, 0.3) is 10.8 Å². The smallest absolute Gasteiger partial charge is 0.348 e. The minimum atomic E-state index is -5.12. The van der Waals surface area contributed by atoms with Crippen LogP contribution in [-0.2, 0) is 28.5 Å². The average molecular weight is 496 g/mol. The Morgan fingerprint density at radius 2 is 1.57 bits per heavy atom. The van der Waals surface area contributed by atoms with Gasteiger partial charge in [0.15, 0.2) is 6.29 Å². The number of halogens is 6. The number of rotatable bonds is 7. The molecule has 3 aromatic carbocycles.